The molecule has 0 unspecified atom stereocenters. The van der Waals surface area contributed by atoms with Gasteiger partial charge in [-0.1, -0.05) is 11.8 Å². The highest BCUT2D eigenvalue weighted by atomic mass is 32.2. The fourth-order valence-corrected chi connectivity index (χ4v) is 2.46. The van der Waals surface area contributed by atoms with Crippen molar-refractivity contribution < 1.29 is 4.79 Å². The Morgan fingerprint density at radius 1 is 1.25 bits per heavy atom. The van der Waals surface area contributed by atoms with Gasteiger partial charge in [-0.25, -0.2) is 15.8 Å². The smallest absolute Gasteiger partial charge is 0.221 e. The summed E-state index contributed by atoms with van der Waals surface area (Å²) in [7, 11) is 0. The molecule has 0 bridgehead atoms. The highest BCUT2D eigenvalue weighted by Crippen LogP contribution is 2.28. The summed E-state index contributed by atoms with van der Waals surface area (Å²) in [6, 6.07) is 9.31. The van der Waals surface area contributed by atoms with E-state index in [0.29, 0.717) is 11.6 Å². The molecule has 0 aliphatic heterocycles. The minimum atomic E-state index is -0.0875. The summed E-state index contributed by atoms with van der Waals surface area (Å²) < 4.78 is 0. The molecule has 0 aliphatic rings. The van der Waals surface area contributed by atoms with Crippen LogP contribution >= 0.6 is 11.8 Å². The Hall–Kier alpha value is -2.12. The number of hydrogen-bond donors (Lipinski definition) is 3. The molecule has 1 amide bonds. The number of nitrogens with zero attached hydrogens (tertiary/aromatic N) is 2. The summed E-state index contributed by atoms with van der Waals surface area (Å²) in [5, 5.41) is 3.53. The summed E-state index contributed by atoms with van der Waals surface area (Å²) in [5.41, 5.74) is 3.28. The molecule has 0 aliphatic carbocycles. The molecule has 2 rings (SSSR count). The van der Waals surface area contributed by atoms with E-state index in [1.54, 1.807) is 6.07 Å². The lowest BCUT2D eigenvalue weighted by Gasteiger charge is -2.06. The zero-order chi connectivity index (χ0) is 14.5. The average molecular weight is 289 g/mol. The SMILES string of the molecule is CC(=O)Nc1ccc(Sc2cc(NN)nc(C)n2)cc1. The van der Waals surface area contributed by atoms with Gasteiger partial charge in [-0.15, -0.1) is 0 Å². The van der Waals surface area contributed by atoms with Crippen LogP contribution in [0.25, 0.3) is 0 Å². The van der Waals surface area contributed by atoms with Crippen molar-refractivity contribution in [2.45, 2.75) is 23.8 Å². The van der Waals surface area contributed by atoms with E-state index < -0.39 is 0 Å². The predicted molar refractivity (Wildman–Crippen MR) is 79.4 cm³/mol. The maximum Gasteiger partial charge on any atom is 0.221 e. The van der Waals surface area contributed by atoms with Gasteiger partial charge >= 0.3 is 0 Å². The third-order valence-corrected chi connectivity index (χ3v) is 3.29. The molecule has 0 spiro atoms. The number of aromatic nitrogens is 2. The first-order valence-electron chi connectivity index (χ1n) is 5.94. The number of hydrogen-bond acceptors (Lipinski definition) is 6. The lowest BCUT2D eigenvalue weighted by Crippen LogP contribution is -2.09. The first-order chi connectivity index (χ1) is 9.56. The Balaban J connectivity index is 2.13. The molecule has 0 fully saturated rings. The van der Waals surface area contributed by atoms with Crippen LogP contribution in [0, 0.1) is 6.92 Å². The second kappa shape index (κ2) is 6.36. The van der Waals surface area contributed by atoms with E-state index in [-0.39, 0.29) is 5.91 Å². The van der Waals surface area contributed by atoms with E-state index in [1.807, 2.05) is 31.2 Å². The summed E-state index contributed by atoms with van der Waals surface area (Å²) in [6.45, 7) is 3.29. The lowest BCUT2D eigenvalue weighted by atomic mass is 10.3. The van der Waals surface area contributed by atoms with E-state index >= 15 is 0 Å². The third kappa shape index (κ3) is 3.94. The Bertz CT molecular complexity index is 615. The Morgan fingerprint density at radius 3 is 2.55 bits per heavy atom. The highest BCUT2D eigenvalue weighted by Gasteiger charge is 2.04. The second-order valence-electron chi connectivity index (χ2n) is 4.09. The molecule has 20 heavy (non-hydrogen) atoms. The summed E-state index contributed by atoms with van der Waals surface area (Å²) in [4.78, 5) is 20.4. The Kier molecular flexibility index (Phi) is 4.54. The lowest BCUT2D eigenvalue weighted by molar-refractivity contribution is -0.114. The first-order valence-corrected chi connectivity index (χ1v) is 6.76. The van der Waals surface area contributed by atoms with Gasteiger partial charge in [0.25, 0.3) is 0 Å². The van der Waals surface area contributed by atoms with Gasteiger partial charge in [-0.05, 0) is 31.2 Å². The number of carbonyl (C=O) groups is 1. The van der Waals surface area contributed by atoms with E-state index in [1.165, 1.54) is 18.7 Å². The normalized spacial score (nSPS) is 10.2. The number of rotatable bonds is 4. The van der Waals surface area contributed by atoms with Crippen LogP contribution in [-0.4, -0.2) is 15.9 Å². The number of amides is 1. The van der Waals surface area contributed by atoms with Gasteiger partial charge in [0.05, 0.1) is 0 Å². The molecule has 0 radical (unpaired) electrons. The number of carbonyl (C=O) groups excluding carboxylic acids is 1. The molecule has 6 nitrogen and oxygen atoms in total. The second-order valence-corrected chi connectivity index (χ2v) is 5.18. The number of nitrogen functional groups attached to an aromatic ring is 1. The monoisotopic (exact) mass is 289 g/mol. The fourth-order valence-electron chi connectivity index (χ4n) is 1.60. The molecule has 1 aromatic carbocycles. The van der Waals surface area contributed by atoms with Gasteiger partial charge in [-0.3, -0.25) is 4.79 Å². The predicted octanol–water partition coefficient (Wildman–Crippen LogP) is 2.18. The molecule has 2 aromatic rings. The number of hydrazine groups is 1. The molecule has 0 saturated heterocycles. The maximum absolute atomic E-state index is 10.9. The summed E-state index contributed by atoms with van der Waals surface area (Å²) >= 11 is 1.50. The van der Waals surface area contributed by atoms with E-state index in [0.717, 1.165) is 15.6 Å². The van der Waals surface area contributed by atoms with Gasteiger partial charge in [0, 0.05) is 23.6 Å². The van der Waals surface area contributed by atoms with Crippen LogP contribution in [0.15, 0.2) is 40.3 Å². The van der Waals surface area contributed by atoms with Gasteiger partial charge in [0.1, 0.15) is 16.7 Å². The molecular formula is C13H15N5OS. The zero-order valence-corrected chi connectivity index (χ0v) is 12.0. The van der Waals surface area contributed by atoms with Crippen LogP contribution in [0.4, 0.5) is 11.5 Å². The quantitative estimate of drug-likeness (QED) is 0.454. The number of nitrogens with two attached hydrogens (primary N) is 1. The van der Waals surface area contributed by atoms with Crippen molar-refractivity contribution in [3.05, 3.63) is 36.2 Å². The molecule has 1 heterocycles. The van der Waals surface area contributed by atoms with Gasteiger partial charge in [0.15, 0.2) is 0 Å². The number of benzene rings is 1. The van der Waals surface area contributed by atoms with Crippen LogP contribution < -0.4 is 16.6 Å². The molecular weight excluding hydrogens is 274 g/mol. The van der Waals surface area contributed by atoms with Crippen LogP contribution in [0.1, 0.15) is 12.7 Å². The number of aryl methyl sites for hydroxylation is 1. The molecule has 0 atom stereocenters. The van der Waals surface area contributed by atoms with Crippen molar-refractivity contribution in [2.75, 3.05) is 10.7 Å². The van der Waals surface area contributed by atoms with Crippen molar-refractivity contribution >= 4 is 29.2 Å². The average Bonchev–Trinajstić information content (AvgIpc) is 2.39. The first kappa shape index (κ1) is 14.3. The molecule has 4 N–H and O–H groups in total. The van der Waals surface area contributed by atoms with Crippen molar-refractivity contribution in [1.29, 1.82) is 0 Å². The third-order valence-electron chi connectivity index (χ3n) is 2.36. The van der Waals surface area contributed by atoms with Crippen LogP contribution in [-0.2, 0) is 4.79 Å². The minimum absolute atomic E-state index is 0.0875. The summed E-state index contributed by atoms with van der Waals surface area (Å²) in [6.07, 6.45) is 0. The van der Waals surface area contributed by atoms with Crippen molar-refractivity contribution in [3.8, 4) is 0 Å². The van der Waals surface area contributed by atoms with E-state index in [2.05, 4.69) is 20.7 Å². The van der Waals surface area contributed by atoms with Crippen LogP contribution in [0.2, 0.25) is 0 Å². The molecule has 7 heteroatoms. The van der Waals surface area contributed by atoms with Crippen LogP contribution in [0.5, 0.6) is 0 Å². The van der Waals surface area contributed by atoms with E-state index in [4.69, 9.17) is 5.84 Å². The van der Waals surface area contributed by atoms with Gasteiger partial charge in [-0.2, -0.15) is 0 Å². The van der Waals surface area contributed by atoms with Crippen molar-refractivity contribution in [1.82, 2.24) is 9.97 Å². The van der Waals surface area contributed by atoms with Crippen molar-refractivity contribution in [2.24, 2.45) is 5.84 Å². The van der Waals surface area contributed by atoms with Crippen molar-refractivity contribution in [3.63, 3.8) is 0 Å². The van der Waals surface area contributed by atoms with Crippen LogP contribution in [0.3, 0.4) is 0 Å². The molecule has 0 saturated carbocycles. The fraction of sp³-hybridized carbons (Fsp3) is 0.154. The largest absolute Gasteiger partial charge is 0.326 e. The standard InChI is InChI=1S/C13H15N5OS/c1-8-15-12(18-14)7-13(16-8)20-11-5-3-10(4-6-11)17-9(2)19/h3-7H,14H2,1-2H3,(H,17,19)(H,15,16,18). The van der Waals surface area contributed by atoms with Gasteiger partial charge in [0.2, 0.25) is 5.91 Å². The highest BCUT2D eigenvalue weighted by molar-refractivity contribution is 7.99. The number of anilines is 2. The molecule has 104 valence electrons. The van der Waals surface area contributed by atoms with E-state index in [9.17, 15) is 4.79 Å². The minimum Gasteiger partial charge on any atom is -0.326 e. The summed E-state index contributed by atoms with van der Waals surface area (Å²) in [5.74, 6) is 6.50. The van der Waals surface area contributed by atoms with Gasteiger partial charge < -0.3 is 10.7 Å². The zero-order valence-electron chi connectivity index (χ0n) is 11.2. The number of nitrogens with one attached hydrogen (secondary N) is 2. The Morgan fingerprint density at radius 2 is 1.95 bits per heavy atom. The maximum atomic E-state index is 10.9. The Labute approximate surface area is 121 Å². The molecule has 1 aromatic heterocycles. The topological polar surface area (TPSA) is 92.9 Å².